The molecule has 0 fully saturated rings. The van der Waals surface area contributed by atoms with Gasteiger partial charge in [-0.25, -0.2) is 8.78 Å². The Kier molecular flexibility index (Phi) is 2.61. The number of halogens is 5. The Hall–Kier alpha value is -1.37. The Morgan fingerprint density at radius 1 is 1.14 bits per heavy atom. The van der Waals surface area contributed by atoms with Gasteiger partial charge in [0.1, 0.15) is 17.2 Å². The van der Waals surface area contributed by atoms with Crippen LogP contribution in [0.5, 0.6) is 0 Å². The van der Waals surface area contributed by atoms with Crippen molar-refractivity contribution < 1.29 is 22.0 Å². The lowest BCUT2D eigenvalue weighted by atomic mass is 10.1. The zero-order chi connectivity index (χ0) is 10.9. The van der Waals surface area contributed by atoms with Crippen molar-refractivity contribution in [3.8, 4) is 0 Å². The minimum Gasteiger partial charge on any atom is -0.323 e. The van der Waals surface area contributed by atoms with Gasteiger partial charge in [0.15, 0.2) is 0 Å². The van der Waals surface area contributed by atoms with E-state index in [-0.39, 0.29) is 6.07 Å². The molecule has 0 heterocycles. The molecule has 14 heavy (non-hydrogen) atoms. The molecular formula is C7H5F5N2. The van der Waals surface area contributed by atoms with E-state index >= 15 is 0 Å². The van der Waals surface area contributed by atoms with Gasteiger partial charge in [-0.05, 0) is 6.07 Å². The van der Waals surface area contributed by atoms with Crippen LogP contribution in [0.4, 0.5) is 27.6 Å². The molecule has 0 bridgehead atoms. The highest BCUT2D eigenvalue weighted by molar-refractivity contribution is 5.52. The average molecular weight is 212 g/mol. The first-order valence-electron chi connectivity index (χ1n) is 3.39. The van der Waals surface area contributed by atoms with E-state index in [2.05, 4.69) is 0 Å². The van der Waals surface area contributed by atoms with E-state index in [1.807, 2.05) is 0 Å². The number of rotatable bonds is 1. The summed E-state index contributed by atoms with van der Waals surface area (Å²) in [6, 6.07) is 0.607. The minimum absolute atomic E-state index is 0.143. The maximum Gasteiger partial charge on any atom is 0.421 e. The van der Waals surface area contributed by atoms with Crippen LogP contribution in [0.3, 0.4) is 0 Å². The van der Waals surface area contributed by atoms with Gasteiger partial charge in [-0.3, -0.25) is 5.84 Å². The number of nitrogen functional groups attached to an aromatic ring is 1. The Balaban J connectivity index is 3.40. The first-order chi connectivity index (χ1) is 6.36. The highest BCUT2D eigenvalue weighted by atomic mass is 19.4. The van der Waals surface area contributed by atoms with Crippen molar-refractivity contribution in [3.63, 3.8) is 0 Å². The highest BCUT2D eigenvalue weighted by Crippen LogP contribution is 2.36. The van der Waals surface area contributed by atoms with Crippen LogP contribution >= 0.6 is 0 Å². The quantitative estimate of drug-likeness (QED) is 0.425. The van der Waals surface area contributed by atoms with E-state index in [0.29, 0.717) is 6.07 Å². The monoisotopic (exact) mass is 212 g/mol. The van der Waals surface area contributed by atoms with E-state index < -0.39 is 29.1 Å². The molecule has 0 saturated heterocycles. The van der Waals surface area contributed by atoms with Gasteiger partial charge in [-0.1, -0.05) is 0 Å². The number of hydrazine groups is 1. The summed E-state index contributed by atoms with van der Waals surface area (Å²) in [5, 5.41) is 0. The molecular weight excluding hydrogens is 207 g/mol. The smallest absolute Gasteiger partial charge is 0.323 e. The molecule has 0 aliphatic heterocycles. The maximum absolute atomic E-state index is 12.7. The Labute approximate surface area is 75.5 Å². The van der Waals surface area contributed by atoms with Crippen LogP contribution in [0.2, 0.25) is 0 Å². The van der Waals surface area contributed by atoms with Crippen molar-refractivity contribution in [1.82, 2.24) is 0 Å². The van der Waals surface area contributed by atoms with Gasteiger partial charge < -0.3 is 5.43 Å². The molecule has 0 unspecified atom stereocenters. The Morgan fingerprint density at radius 3 is 2.14 bits per heavy atom. The predicted molar refractivity (Wildman–Crippen MR) is 39.2 cm³/mol. The molecule has 1 aromatic rings. The van der Waals surface area contributed by atoms with Crippen LogP contribution < -0.4 is 11.3 Å². The zero-order valence-corrected chi connectivity index (χ0v) is 6.62. The first-order valence-corrected chi connectivity index (χ1v) is 3.39. The van der Waals surface area contributed by atoms with Crippen LogP contribution in [-0.4, -0.2) is 0 Å². The fourth-order valence-electron chi connectivity index (χ4n) is 0.976. The van der Waals surface area contributed by atoms with Gasteiger partial charge in [0.25, 0.3) is 0 Å². The third-order valence-electron chi connectivity index (χ3n) is 1.49. The van der Waals surface area contributed by atoms with Gasteiger partial charge >= 0.3 is 6.18 Å². The van der Waals surface area contributed by atoms with Crippen molar-refractivity contribution in [2.24, 2.45) is 5.84 Å². The third kappa shape index (κ3) is 1.92. The van der Waals surface area contributed by atoms with Gasteiger partial charge in [0.05, 0.1) is 5.69 Å². The average Bonchev–Trinajstić information content (AvgIpc) is 1.99. The number of alkyl halides is 3. The van der Waals surface area contributed by atoms with Crippen molar-refractivity contribution in [3.05, 3.63) is 29.3 Å². The second kappa shape index (κ2) is 3.41. The van der Waals surface area contributed by atoms with Crippen LogP contribution in [0.25, 0.3) is 0 Å². The maximum atomic E-state index is 12.7. The summed E-state index contributed by atoms with van der Waals surface area (Å²) >= 11 is 0. The normalized spacial score (nSPS) is 11.6. The second-order valence-corrected chi connectivity index (χ2v) is 2.45. The molecule has 1 aromatic carbocycles. The summed E-state index contributed by atoms with van der Waals surface area (Å²) in [6.07, 6.45) is -4.92. The molecule has 1 rings (SSSR count). The summed E-state index contributed by atoms with van der Waals surface area (Å²) in [6.45, 7) is 0. The summed E-state index contributed by atoms with van der Waals surface area (Å²) < 4.78 is 61.7. The zero-order valence-electron chi connectivity index (χ0n) is 6.62. The van der Waals surface area contributed by atoms with E-state index in [1.54, 1.807) is 5.43 Å². The molecule has 7 heteroatoms. The topological polar surface area (TPSA) is 38.0 Å². The minimum atomic E-state index is -4.92. The van der Waals surface area contributed by atoms with Crippen molar-refractivity contribution >= 4 is 5.69 Å². The SMILES string of the molecule is NNc1cc(F)cc(F)c1C(F)(F)F. The van der Waals surface area contributed by atoms with Gasteiger partial charge in [-0.15, -0.1) is 0 Å². The molecule has 2 nitrogen and oxygen atoms in total. The summed E-state index contributed by atoms with van der Waals surface area (Å²) in [5.41, 5.74) is -0.864. The molecule has 78 valence electrons. The lowest BCUT2D eigenvalue weighted by molar-refractivity contribution is -0.139. The fourth-order valence-corrected chi connectivity index (χ4v) is 0.976. The lowest BCUT2D eigenvalue weighted by Crippen LogP contribution is -2.17. The predicted octanol–water partition coefficient (Wildman–Crippen LogP) is 2.27. The first kappa shape index (κ1) is 10.7. The second-order valence-electron chi connectivity index (χ2n) is 2.45. The van der Waals surface area contributed by atoms with Gasteiger partial charge in [0.2, 0.25) is 0 Å². The highest BCUT2D eigenvalue weighted by Gasteiger charge is 2.37. The van der Waals surface area contributed by atoms with E-state index in [9.17, 15) is 22.0 Å². The van der Waals surface area contributed by atoms with E-state index in [0.717, 1.165) is 0 Å². The van der Waals surface area contributed by atoms with Crippen LogP contribution in [0.1, 0.15) is 5.56 Å². The molecule has 0 radical (unpaired) electrons. The summed E-state index contributed by atoms with van der Waals surface area (Å²) in [5.74, 6) is 1.86. The van der Waals surface area contributed by atoms with Crippen LogP contribution in [0, 0.1) is 11.6 Å². The Bertz CT molecular complexity index is 347. The van der Waals surface area contributed by atoms with Crippen LogP contribution in [0.15, 0.2) is 12.1 Å². The molecule has 0 aliphatic rings. The Morgan fingerprint density at radius 2 is 1.71 bits per heavy atom. The lowest BCUT2D eigenvalue weighted by Gasteiger charge is -2.12. The molecule has 0 amide bonds. The molecule has 0 aliphatic carbocycles. The fraction of sp³-hybridized carbons (Fsp3) is 0.143. The number of hydrogen-bond acceptors (Lipinski definition) is 2. The molecule has 3 N–H and O–H groups in total. The van der Waals surface area contributed by atoms with Gasteiger partial charge in [-0.2, -0.15) is 13.2 Å². The van der Waals surface area contributed by atoms with Crippen molar-refractivity contribution in [1.29, 1.82) is 0 Å². The summed E-state index contributed by atoms with van der Waals surface area (Å²) in [4.78, 5) is 0. The number of hydrogen-bond donors (Lipinski definition) is 2. The third-order valence-corrected chi connectivity index (χ3v) is 1.49. The number of nitrogens with two attached hydrogens (primary N) is 1. The van der Waals surface area contributed by atoms with Crippen molar-refractivity contribution in [2.75, 3.05) is 5.43 Å². The van der Waals surface area contributed by atoms with Crippen LogP contribution in [-0.2, 0) is 6.18 Å². The van der Waals surface area contributed by atoms with Gasteiger partial charge in [0, 0.05) is 6.07 Å². The van der Waals surface area contributed by atoms with Crippen molar-refractivity contribution in [2.45, 2.75) is 6.18 Å². The largest absolute Gasteiger partial charge is 0.421 e. The molecule has 0 atom stereocenters. The van der Waals surface area contributed by atoms with E-state index in [1.165, 1.54) is 0 Å². The molecule has 0 spiro atoms. The standard InChI is InChI=1S/C7H5F5N2/c8-3-1-4(9)6(7(10,11)12)5(2-3)14-13/h1-2,14H,13H2. The number of anilines is 1. The number of nitrogens with one attached hydrogen (secondary N) is 1. The number of benzene rings is 1. The molecule has 0 saturated carbocycles. The molecule has 0 aromatic heterocycles. The van der Waals surface area contributed by atoms with E-state index in [4.69, 9.17) is 5.84 Å². The summed E-state index contributed by atoms with van der Waals surface area (Å²) in [7, 11) is 0.